The van der Waals surface area contributed by atoms with Crippen LogP contribution in [0.1, 0.15) is 40.3 Å². The molecule has 1 unspecified atom stereocenters. The fourth-order valence-electron chi connectivity index (χ4n) is 6.43. The minimum absolute atomic E-state index is 0.206. The van der Waals surface area contributed by atoms with E-state index in [1.165, 1.54) is 6.33 Å². The smallest absolute Gasteiger partial charge is 0.261 e. The van der Waals surface area contributed by atoms with Gasteiger partial charge in [-0.25, -0.2) is 9.50 Å². The first-order valence-electron chi connectivity index (χ1n) is 13.8. The number of hydrogen-bond acceptors (Lipinski definition) is 8. The lowest BCUT2D eigenvalue weighted by Gasteiger charge is -2.43. The predicted octanol–water partition coefficient (Wildman–Crippen LogP) is 3.53. The number of fused-ring (bicyclic) bond motifs is 2. The van der Waals surface area contributed by atoms with Crippen LogP contribution in [-0.4, -0.2) is 53.6 Å². The van der Waals surface area contributed by atoms with Crippen molar-refractivity contribution in [2.24, 2.45) is 0 Å². The van der Waals surface area contributed by atoms with Gasteiger partial charge in [0, 0.05) is 0 Å². The zero-order valence-corrected chi connectivity index (χ0v) is 24.9. The molecule has 2 N–H and O–H groups in total. The maximum atomic E-state index is 10.7. The summed E-state index contributed by atoms with van der Waals surface area (Å²) >= 11 is 0. The van der Waals surface area contributed by atoms with Crippen molar-refractivity contribution in [2.75, 3.05) is 12.3 Å². The summed E-state index contributed by atoms with van der Waals surface area (Å²) in [4.78, 5) is 4.09. The van der Waals surface area contributed by atoms with Gasteiger partial charge in [-0.05, 0) is 41.4 Å². The summed E-state index contributed by atoms with van der Waals surface area (Å²) in [7, 11) is -2.87. The third kappa shape index (κ3) is 4.28. The number of benzene rings is 2. The third-order valence-electron chi connectivity index (χ3n) is 8.14. The molecule has 41 heavy (non-hydrogen) atoms. The van der Waals surface area contributed by atoms with E-state index in [-0.39, 0.29) is 11.6 Å². The molecule has 0 radical (unpaired) electrons. The number of aromatic nitrogens is 3. The van der Waals surface area contributed by atoms with Crippen molar-refractivity contribution in [3.05, 3.63) is 84.8 Å². The Morgan fingerprint density at radius 1 is 0.976 bits per heavy atom. The van der Waals surface area contributed by atoms with Crippen molar-refractivity contribution < 1.29 is 18.6 Å². The van der Waals surface area contributed by atoms with Crippen LogP contribution in [0.25, 0.3) is 5.52 Å². The average Bonchev–Trinajstić information content (AvgIpc) is 3.61. The molecule has 2 saturated heterocycles. The Hall–Kier alpha value is -3.59. The lowest BCUT2D eigenvalue weighted by molar-refractivity contribution is -0.204. The van der Waals surface area contributed by atoms with E-state index in [0.717, 1.165) is 10.4 Å². The molecule has 0 aliphatic carbocycles. The summed E-state index contributed by atoms with van der Waals surface area (Å²) in [5.74, 6) is -0.609. The van der Waals surface area contributed by atoms with E-state index in [4.69, 9.17) is 24.4 Å². The standard InChI is InChI=1S/C31H35N5O4Si/c1-29(2,3)41(21-12-8-6-9-13-21,22-14-10-7-11-15-22)37-18-24-26-27(40-30(4,5)39-26)31(19-32,38-24)25-17-16-23-28(33)34-20-35-36(23)25/h6-17,20,24,26-27H,18H2,1-5H3,(H2,33,34,35)/t24?,26-,27-,31+/m1/s1. The first-order valence-corrected chi connectivity index (χ1v) is 15.7. The van der Waals surface area contributed by atoms with Crippen LogP contribution in [0.4, 0.5) is 5.82 Å². The number of nitrogens with two attached hydrogens (primary N) is 1. The average molecular weight is 570 g/mol. The van der Waals surface area contributed by atoms with E-state index in [2.05, 4.69) is 85.5 Å². The highest BCUT2D eigenvalue weighted by atomic mass is 28.4. The minimum atomic E-state index is -2.87. The van der Waals surface area contributed by atoms with Crippen LogP contribution in [0.15, 0.2) is 79.1 Å². The van der Waals surface area contributed by atoms with Gasteiger partial charge in [0.15, 0.2) is 11.6 Å². The molecular formula is C31H35N5O4Si. The summed E-state index contributed by atoms with van der Waals surface area (Å²) in [5.41, 5.74) is 5.69. The normalized spacial score (nSPS) is 25.7. The third-order valence-corrected chi connectivity index (χ3v) is 13.1. The zero-order valence-electron chi connectivity index (χ0n) is 23.9. The Morgan fingerprint density at radius 2 is 1.61 bits per heavy atom. The molecule has 4 aromatic rings. The van der Waals surface area contributed by atoms with Crippen LogP contribution in [-0.2, 0) is 24.2 Å². The van der Waals surface area contributed by atoms with Gasteiger partial charge in [-0.3, -0.25) is 0 Å². The maximum absolute atomic E-state index is 10.7. The summed E-state index contributed by atoms with van der Waals surface area (Å²) in [6.07, 6.45) is -0.493. The first kappa shape index (κ1) is 27.6. The number of nitrogen functional groups attached to an aromatic ring is 1. The monoisotopic (exact) mass is 569 g/mol. The van der Waals surface area contributed by atoms with Crippen molar-refractivity contribution >= 4 is 30.0 Å². The number of anilines is 1. The maximum Gasteiger partial charge on any atom is 0.261 e. The lowest BCUT2D eigenvalue weighted by Crippen LogP contribution is -2.67. The zero-order chi connectivity index (χ0) is 29.0. The van der Waals surface area contributed by atoms with Crippen LogP contribution in [0, 0.1) is 11.3 Å². The van der Waals surface area contributed by atoms with Crippen molar-refractivity contribution in [1.29, 1.82) is 5.26 Å². The van der Waals surface area contributed by atoms with Crippen LogP contribution in [0.5, 0.6) is 0 Å². The Bertz CT molecular complexity index is 1560. The molecular weight excluding hydrogens is 534 g/mol. The van der Waals surface area contributed by atoms with Gasteiger partial charge in [-0.15, -0.1) is 0 Å². The van der Waals surface area contributed by atoms with Crippen LogP contribution < -0.4 is 16.1 Å². The van der Waals surface area contributed by atoms with Crippen molar-refractivity contribution in [3.8, 4) is 6.07 Å². The molecule has 2 aliphatic heterocycles. The van der Waals surface area contributed by atoms with Crippen molar-refractivity contribution in [1.82, 2.24) is 14.6 Å². The van der Waals surface area contributed by atoms with E-state index in [1.807, 2.05) is 26.0 Å². The molecule has 9 nitrogen and oxygen atoms in total. The van der Waals surface area contributed by atoms with Gasteiger partial charge in [0.25, 0.3) is 8.32 Å². The molecule has 0 saturated carbocycles. The van der Waals surface area contributed by atoms with E-state index >= 15 is 0 Å². The van der Waals surface area contributed by atoms with Gasteiger partial charge in [0.05, 0.1) is 12.3 Å². The van der Waals surface area contributed by atoms with Crippen LogP contribution in [0.3, 0.4) is 0 Å². The predicted molar refractivity (Wildman–Crippen MR) is 157 cm³/mol. The largest absolute Gasteiger partial charge is 0.405 e. The van der Waals surface area contributed by atoms with E-state index < -0.39 is 38.0 Å². The van der Waals surface area contributed by atoms with Gasteiger partial charge in [-0.2, -0.15) is 10.4 Å². The topological polar surface area (TPSA) is 117 Å². The quantitative estimate of drug-likeness (QED) is 0.351. The van der Waals surface area contributed by atoms with Gasteiger partial charge < -0.3 is 24.4 Å². The summed E-state index contributed by atoms with van der Waals surface area (Å²) in [6.45, 7) is 10.6. The summed E-state index contributed by atoms with van der Waals surface area (Å²) in [5, 5.41) is 17.2. The highest BCUT2D eigenvalue weighted by Gasteiger charge is 2.66. The molecule has 0 bridgehead atoms. The molecule has 212 valence electrons. The molecule has 0 spiro atoms. The molecule has 2 aliphatic rings. The summed E-state index contributed by atoms with van der Waals surface area (Å²) < 4.78 is 28.3. The molecule has 6 rings (SSSR count). The highest BCUT2D eigenvalue weighted by Crippen LogP contribution is 2.50. The van der Waals surface area contributed by atoms with Crippen LogP contribution >= 0.6 is 0 Å². The number of hydrogen-bond donors (Lipinski definition) is 1. The van der Waals surface area contributed by atoms with Gasteiger partial charge in [-0.1, -0.05) is 81.4 Å². The Kier molecular flexibility index (Phi) is 6.56. The SMILES string of the molecule is CC1(C)O[C@@H]2C(CO[Si](c3ccccc3)(c3ccccc3)C(C)(C)C)O[C@@](C#N)(c3ccc4c(N)ncnn34)[C@@H]2O1. The second kappa shape index (κ2) is 9.75. The first-order chi connectivity index (χ1) is 19.5. The molecule has 2 fully saturated rings. The molecule has 0 amide bonds. The fourth-order valence-corrected chi connectivity index (χ4v) is 11.0. The number of nitriles is 1. The highest BCUT2D eigenvalue weighted by molar-refractivity contribution is 6.99. The Balaban J connectivity index is 1.44. The second-order valence-electron chi connectivity index (χ2n) is 12.2. The Labute approximate surface area is 240 Å². The molecule has 2 aromatic carbocycles. The molecule has 10 heteroatoms. The van der Waals surface area contributed by atoms with Gasteiger partial charge in [0.1, 0.15) is 36.2 Å². The van der Waals surface area contributed by atoms with E-state index in [9.17, 15) is 5.26 Å². The van der Waals surface area contributed by atoms with Gasteiger partial charge >= 0.3 is 0 Å². The molecule has 4 atom stereocenters. The van der Waals surface area contributed by atoms with Gasteiger partial charge in [0.2, 0.25) is 5.60 Å². The minimum Gasteiger partial charge on any atom is -0.405 e. The van der Waals surface area contributed by atoms with E-state index in [1.54, 1.807) is 16.6 Å². The van der Waals surface area contributed by atoms with Crippen LogP contribution in [0.2, 0.25) is 5.04 Å². The Morgan fingerprint density at radius 3 is 2.20 bits per heavy atom. The lowest BCUT2D eigenvalue weighted by atomic mass is 9.92. The number of ether oxygens (including phenoxy) is 3. The van der Waals surface area contributed by atoms with Crippen molar-refractivity contribution in [3.63, 3.8) is 0 Å². The fraction of sp³-hybridized carbons (Fsp3) is 0.387. The molecule has 2 aromatic heterocycles. The molecule has 4 heterocycles. The number of rotatable bonds is 6. The summed E-state index contributed by atoms with van der Waals surface area (Å²) in [6, 6.07) is 26.9. The van der Waals surface area contributed by atoms with Crippen molar-refractivity contribution in [2.45, 2.75) is 69.4 Å². The van der Waals surface area contributed by atoms with E-state index in [0.29, 0.717) is 17.0 Å². The second-order valence-corrected chi connectivity index (χ2v) is 16.5. The number of nitrogens with zero attached hydrogens (tertiary/aromatic N) is 4.